The molecule has 0 saturated carbocycles. The van der Waals surface area contributed by atoms with Gasteiger partial charge in [0.25, 0.3) is 0 Å². The Balaban J connectivity index is 3.05. The normalized spacial score (nSPS) is 16.7. The molecule has 0 aliphatic carbocycles. The lowest BCUT2D eigenvalue weighted by molar-refractivity contribution is -0.143. The molecule has 0 aliphatic rings. The van der Waals surface area contributed by atoms with Gasteiger partial charge in [-0.1, -0.05) is 13.8 Å². The van der Waals surface area contributed by atoms with E-state index >= 15 is 0 Å². The van der Waals surface area contributed by atoms with Crippen LogP contribution in [0.3, 0.4) is 0 Å². The fourth-order valence-corrected chi connectivity index (χ4v) is 2.93. The number of aliphatic carboxylic acids is 1. The summed E-state index contributed by atoms with van der Waals surface area (Å²) >= 11 is 0. The molecule has 3 amide bonds. The van der Waals surface area contributed by atoms with Crippen molar-refractivity contribution in [1.29, 1.82) is 0 Å². The molecule has 0 spiro atoms. The van der Waals surface area contributed by atoms with E-state index in [9.17, 15) is 34.5 Å². The van der Waals surface area contributed by atoms with Crippen LogP contribution in [0, 0.1) is 5.92 Å². The molecule has 0 bridgehead atoms. The maximum atomic E-state index is 12.9. The average molecular weight is 471 g/mol. The molecule has 1 aromatic heterocycles. The highest BCUT2D eigenvalue weighted by Gasteiger charge is 2.33. The van der Waals surface area contributed by atoms with E-state index < -0.39 is 60.1 Å². The molecule has 9 N–H and O–H groups in total. The van der Waals surface area contributed by atoms with Crippen molar-refractivity contribution in [2.45, 2.75) is 76.9 Å². The maximum Gasteiger partial charge on any atom is 0.326 e. The number of aliphatic hydroxyl groups is 2. The van der Waals surface area contributed by atoms with Gasteiger partial charge in [-0.15, -0.1) is 0 Å². The van der Waals surface area contributed by atoms with E-state index in [2.05, 4.69) is 25.9 Å². The quantitative estimate of drug-likeness (QED) is 0.154. The standard InChI is InChI=1S/C20H34N6O7/c1-9(2)5-14(20(32)33)25-17(29)13(6-12-7-22-8-23-12)24-19(31)16(11(4)28)26-18(30)15(21)10(3)27/h7-11,13-16,27-28H,5-6,21H2,1-4H3,(H,22,23)(H,24,31)(H,25,29)(H,26,30)(H,32,33). The summed E-state index contributed by atoms with van der Waals surface area (Å²) in [5, 5.41) is 36.0. The topological polar surface area (TPSA) is 220 Å². The molecule has 33 heavy (non-hydrogen) atoms. The first-order valence-electron chi connectivity index (χ1n) is 10.6. The first-order valence-corrected chi connectivity index (χ1v) is 10.6. The highest BCUT2D eigenvalue weighted by atomic mass is 16.4. The molecule has 0 aliphatic heterocycles. The first-order chi connectivity index (χ1) is 15.3. The summed E-state index contributed by atoms with van der Waals surface area (Å²) in [6, 6.07) is -5.23. The van der Waals surface area contributed by atoms with Crippen molar-refractivity contribution in [2.24, 2.45) is 11.7 Å². The Morgan fingerprint density at radius 2 is 1.58 bits per heavy atom. The molecule has 186 valence electrons. The zero-order valence-corrected chi connectivity index (χ0v) is 19.1. The number of H-pyrrole nitrogens is 1. The van der Waals surface area contributed by atoms with Crippen molar-refractivity contribution < 1.29 is 34.5 Å². The zero-order valence-electron chi connectivity index (χ0n) is 19.1. The van der Waals surface area contributed by atoms with Crippen LogP contribution in [0.2, 0.25) is 0 Å². The Bertz CT molecular complexity index is 797. The van der Waals surface area contributed by atoms with Crippen LogP contribution in [-0.4, -0.2) is 85.4 Å². The van der Waals surface area contributed by atoms with Crippen LogP contribution >= 0.6 is 0 Å². The second-order valence-electron chi connectivity index (χ2n) is 8.36. The summed E-state index contributed by atoms with van der Waals surface area (Å²) in [5.41, 5.74) is 6.05. The van der Waals surface area contributed by atoms with E-state index in [1.807, 2.05) is 0 Å². The van der Waals surface area contributed by atoms with E-state index in [1.165, 1.54) is 26.4 Å². The molecule has 6 atom stereocenters. The van der Waals surface area contributed by atoms with Crippen LogP contribution in [0.25, 0.3) is 0 Å². The minimum atomic E-state index is -1.48. The number of nitrogens with one attached hydrogen (secondary N) is 4. The molecule has 1 rings (SSSR count). The number of carboxylic acids is 1. The van der Waals surface area contributed by atoms with E-state index in [4.69, 9.17) is 5.73 Å². The van der Waals surface area contributed by atoms with Crippen molar-refractivity contribution in [3.63, 3.8) is 0 Å². The molecule has 1 heterocycles. The van der Waals surface area contributed by atoms with Gasteiger partial charge in [0.15, 0.2) is 0 Å². The summed E-state index contributed by atoms with van der Waals surface area (Å²) in [7, 11) is 0. The van der Waals surface area contributed by atoms with Crippen LogP contribution in [0.4, 0.5) is 0 Å². The average Bonchev–Trinajstić information content (AvgIpc) is 3.22. The molecule has 6 unspecified atom stereocenters. The molecule has 13 heteroatoms. The van der Waals surface area contributed by atoms with Gasteiger partial charge in [-0.25, -0.2) is 9.78 Å². The number of nitrogens with zero attached hydrogens (tertiary/aromatic N) is 1. The van der Waals surface area contributed by atoms with Crippen LogP contribution in [0.15, 0.2) is 12.5 Å². The SMILES string of the molecule is CC(C)CC(NC(=O)C(Cc1cnc[nH]1)NC(=O)C(NC(=O)C(N)C(C)O)C(C)O)C(=O)O. The van der Waals surface area contributed by atoms with Gasteiger partial charge in [0.05, 0.1) is 18.5 Å². The third-order valence-electron chi connectivity index (χ3n) is 4.82. The predicted octanol–water partition coefficient (Wildman–Crippen LogP) is -2.37. The highest BCUT2D eigenvalue weighted by Crippen LogP contribution is 2.07. The van der Waals surface area contributed by atoms with Gasteiger partial charge < -0.3 is 42.0 Å². The third-order valence-corrected chi connectivity index (χ3v) is 4.82. The smallest absolute Gasteiger partial charge is 0.326 e. The number of aromatic nitrogens is 2. The van der Waals surface area contributed by atoms with Gasteiger partial charge in [0.2, 0.25) is 17.7 Å². The van der Waals surface area contributed by atoms with Crippen molar-refractivity contribution in [3.8, 4) is 0 Å². The largest absolute Gasteiger partial charge is 0.480 e. The number of aromatic amines is 1. The van der Waals surface area contributed by atoms with Gasteiger partial charge >= 0.3 is 5.97 Å². The molecule has 0 aromatic carbocycles. The second kappa shape index (κ2) is 12.9. The van der Waals surface area contributed by atoms with Crippen LogP contribution in [0.1, 0.15) is 39.8 Å². The number of hydrogen-bond acceptors (Lipinski definition) is 8. The van der Waals surface area contributed by atoms with Crippen molar-refractivity contribution >= 4 is 23.7 Å². The molecule has 0 saturated heterocycles. The molecule has 0 fully saturated rings. The molecule has 0 radical (unpaired) electrons. The lowest BCUT2D eigenvalue weighted by Crippen LogP contribution is -2.61. The summed E-state index contributed by atoms with van der Waals surface area (Å²) in [6.45, 7) is 6.16. The lowest BCUT2D eigenvalue weighted by Gasteiger charge is -2.27. The Hall–Kier alpha value is -3.03. The predicted molar refractivity (Wildman–Crippen MR) is 117 cm³/mol. The fourth-order valence-electron chi connectivity index (χ4n) is 2.93. The number of carboxylic acid groups (broad SMARTS) is 1. The third kappa shape index (κ3) is 9.16. The number of aliphatic hydroxyl groups excluding tert-OH is 2. The number of imidazole rings is 1. The van der Waals surface area contributed by atoms with Gasteiger partial charge in [-0.05, 0) is 26.2 Å². The maximum absolute atomic E-state index is 12.9. The molecular weight excluding hydrogens is 436 g/mol. The van der Waals surface area contributed by atoms with Crippen LogP contribution < -0.4 is 21.7 Å². The number of nitrogens with two attached hydrogens (primary N) is 1. The van der Waals surface area contributed by atoms with Crippen molar-refractivity contribution in [1.82, 2.24) is 25.9 Å². The minimum absolute atomic E-state index is 0.0139. The summed E-state index contributed by atoms with van der Waals surface area (Å²) in [4.78, 5) is 56.1. The van der Waals surface area contributed by atoms with Gasteiger partial charge in [-0.3, -0.25) is 14.4 Å². The van der Waals surface area contributed by atoms with Crippen molar-refractivity contribution in [2.75, 3.05) is 0 Å². The highest BCUT2D eigenvalue weighted by molar-refractivity contribution is 5.94. The number of carbonyl (C=O) groups is 4. The first kappa shape index (κ1) is 28.0. The Kier molecular flexibility index (Phi) is 10.9. The van der Waals surface area contributed by atoms with E-state index in [1.54, 1.807) is 13.8 Å². The Morgan fingerprint density at radius 1 is 0.970 bits per heavy atom. The van der Waals surface area contributed by atoms with Gasteiger partial charge in [0.1, 0.15) is 24.2 Å². The minimum Gasteiger partial charge on any atom is -0.480 e. The van der Waals surface area contributed by atoms with E-state index in [0.717, 1.165) is 0 Å². The van der Waals surface area contributed by atoms with E-state index in [0.29, 0.717) is 5.69 Å². The summed E-state index contributed by atoms with van der Waals surface area (Å²) < 4.78 is 0. The Labute approximate surface area is 191 Å². The number of rotatable bonds is 13. The number of carbonyl (C=O) groups excluding carboxylic acids is 3. The van der Waals surface area contributed by atoms with Crippen LogP contribution in [0.5, 0.6) is 0 Å². The summed E-state index contributed by atoms with van der Waals surface area (Å²) in [5.74, 6) is -3.76. The van der Waals surface area contributed by atoms with Gasteiger partial charge in [-0.2, -0.15) is 0 Å². The van der Waals surface area contributed by atoms with Crippen LogP contribution in [-0.2, 0) is 25.6 Å². The number of hydrogen-bond donors (Lipinski definition) is 8. The summed E-state index contributed by atoms with van der Waals surface area (Å²) in [6.07, 6.45) is 0.370. The Morgan fingerprint density at radius 3 is 2.03 bits per heavy atom. The second-order valence-corrected chi connectivity index (χ2v) is 8.36. The monoisotopic (exact) mass is 470 g/mol. The number of amides is 3. The molecule has 1 aromatic rings. The molecular formula is C20H34N6O7. The lowest BCUT2D eigenvalue weighted by atomic mass is 10.0. The van der Waals surface area contributed by atoms with Crippen molar-refractivity contribution in [3.05, 3.63) is 18.2 Å². The fraction of sp³-hybridized carbons (Fsp3) is 0.650. The van der Waals surface area contributed by atoms with Gasteiger partial charge in [0, 0.05) is 18.3 Å². The zero-order chi connectivity index (χ0) is 25.3. The molecule has 13 nitrogen and oxygen atoms in total. The van der Waals surface area contributed by atoms with E-state index in [-0.39, 0.29) is 18.8 Å².